The standard InChI is InChI=1S/2C7H7NO2S.Co.4H2O/c2*9-7(10)5-11-6-1-3-8-4-2-6;;;;;/h2*1-4H,5H2,(H,9,10);;4*1H2/q;;+2;;;;/p+2. The smallest absolute Gasteiger partial charge is 0.549 e. The molecular weight excluding hydrogens is 447 g/mol. The van der Waals surface area contributed by atoms with Gasteiger partial charge in [-0.25, -0.2) is 0 Å². The van der Waals surface area contributed by atoms with Crippen LogP contribution in [0.5, 0.6) is 0 Å². The van der Waals surface area contributed by atoms with E-state index in [4.69, 9.17) is 0 Å². The maximum atomic E-state index is 10.0. The Hall–Kier alpha value is -1.71. The first-order chi connectivity index (χ1) is 10.6. The van der Waals surface area contributed by atoms with Crippen LogP contribution >= 0.6 is 23.5 Å². The number of rotatable bonds is 6. The molecule has 0 fully saturated rings. The van der Waals surface area contributed by atoms with E-state index in [1.54, 1.807) is 49.1 Å². The minimum Gasteiger partial charge on any atom is -0.549 e. The van der Waals surface area contributed by atoms with Gasteiger partial charge < -0.3 is 41.7 Å². The van der Waals surface area contributed by atoms with Crippen LogP contribution in [0.3, 0.4) is 0 Å². The quantitative estimate of drug-likeness (QED) is 0.298. The van der Waals surface area contributed by atoms with Gasteiger partial charge in [0.25, 0.3) is 0 Å². The SMILES string of the molecule is O=C([O-])CSc1ccncc1.O=C([O-])CSc1ccncc1.[Co+2].[OH3+].[OH3+].[OH3+].[OH3+]. The molecule has 155 valence electrons. The van der Waals surface area contributed by atoms with Gasteiger partial charge in [0, 0.05) is 46.1 Å². The Morgan fingerprint density at radius 3 is 1.19 bits per heavy atom. The molecule has 10 nitrogen and oxygen atoms in total. The second-order valence-corrected chi connectivity index (χ2v) is 5.78. The van der Waals surface area contributed by atoms with Crippen molar-refractivity contribution in [2.24, 2.45) is 0 Å². The molecule has 2 aromatic rings. The predicted molar refractivity (Wildman–Crippen MR) is 99.4 cm³/mol. The summed E-state index contributed by atoms with van der Waals surface area (Å²) in [5, 5.41) is 20.1. The first-order valence-corrected chi connectivity index (χ1v) is 8.00. The molecule has 13 heteroatoms. The Kier molecular flexibility index (Phi) is 30.0. The molecular formula is C14H24CoN2O8S2+4. The van der Waals surface area contributed by atoms with E-state index in [1.165, 1.54) is 23.5 Å². The molecule has 0 aliphatic rings. The second kappa shape index (κ2) is 22.3. The number of aliphatic carboxylic acids is 2. The van der Waals surface area contributed by atoms with Gasteiger partial charge in [0.2, 0.25) is 0 Å². The summed E-state index contributed by atoms with van der Waals surface area (Å²) < 4.78 is 0. The van der Waals surface area contributed by atoms with Gasteiger partial charge in [-0.2, -0.15) is 0 Å². The number of pyridine rings is 2. The van der Waals surface area contributed by atoms with E-state index in [9.17, 15) is 19.8 Å². The molecule has 0 atom stereocenters. The van der Waals surface area contributed by atoms with Gasteiger partial charge >= 0.3 is 16.8 Å². The summed E-state index contributed by atoms with van der Waals surface area (Å²) in [6, 6.07) is 7.03. The molecule has 27 heavy (non-hydrogen) atoms. The number of aromatic nitrogens is 2. The Labute approximate surface area is 174 Å². The van der Waals surface area contributed by atoms with Crippen LogP contribution in [0.25, 0.3) is 0 Å². The van der Waals surface area contributed by atoms with E-state index < -0.39 is 11.9 Å². The summed E-state index contributed by atoms with van der Waals surface area (Å²) in [6.45, 7) is 0. The fourth-order valence-electron chi connectivity index (χ4n) is 1.15. The van der Waals surface area contributed by atoms with Gasteiger partial charge in [0.1, 0.15) is 0 Å². The summed E-state index contributed by atoms with van der Waals surface area (Å²) >= 11 is 2.45. The number of carboxylic acid groups (broad SMARTS) is 2. The van der Waals surface area contributed by atoms with Crippen molar-refractivity contribution in [2.75, 3.05) is 11.5 Å². The number of hydrogen-bond donors (Lipinski definition) is 0. The minimum atomic E-state index is -1.05. The monoisotopic (exact) mass is 471 g/mol. The van der Waals surface area contributed by atoms with Gasteiger partial charge in [-0.1, -0.05) is 0 Å². The Morgan fingerprint density at radius 2 is 0.963 bits per heavy atom. The average Bonchev–Trinajstić information content (AvgIpc) is 2.53. The maximum absolute atomic E-state index is 10.0. The third-order valence-corrected chi connectivity index (χ3v) is 3.98. The number of carbonyl (C=O) groups excluding carboxylic acids is 2. The molecule has 2 aromatic heterocycles. The van der Waals surface area contributed by atoms with Crippen molar-refractivity contribution < 1.29 is 58.5 Å². The summed E-state index contributed by atoms with van der Waals surface area (Å²) in [6.07, 6.45) is 6.49. The first kappa shape index (κ1) is 36.2. The van der Waals surface area contributed by atoms with Crippen molar-refractivity contribution in [3.05, 3.63) is 49.1 Å². The van der Waals surface area contributed by atoms with Crippen molar-refractivity contribution >= 4 is 35.5 Å². The number of hydrogen-bond acceptors (Lipinski definition) is 8. The third-order valence-electron chi connectivity index (χ3n) is 2.01. The van der Waals surface area contributed by atoms with E-state index in [1.807, 2.05) is 0 Å². The molecule has 0 spiro atoms. The fourth-order valence-corrected chi connectivity index (χ4v) is 2.35. The minimum absolute atomic E-state index is 0. The molecule has 0 aliphatic carbocycles. The van der Waals surface area contributed by atoms with Crippen LogP contribution in [-0.2, 0) is 48.3 Å². The van der Waals surface area contributed by atoms with Gasteiger partial charge in [0.15, 0.2) is 0 Å². The third kappa shape index (κ3) is 20.5. The first-order valence-electron chi connectivity index (χ1n) is 6.03. The van der Waals surface area contributed by atoms with Crippen LogP contribution in [0.4, 0.5) is 0 Å². The van der Waals surface area contributed by atoms with Crippen LogP contribution < -0.4 is 10.2 Å². The molecule has 0 amide bonds. The molecule has 2 heterocycles. The number of thioether (sulfide) groups is 2. The summed E-state index contributed by atoms with van der Waals surface area (Å²) in [7, 11) is 0. The average molecular weight is 471 g/mol. The topological polar surface area (TPSA) is 238 Å². The van der Waals surface area contributed by atoms with Crippen molar-refractivity contribution in [2.45, 2.75) is 9.79 Å². The van der Waals surface area contributed by atoms with Crippen molar-refractivity contribution in [3.63, 3.8) is 0 Å². The molecule has 0 saturated carbocycles. The Bertz CT molecular complexity index is 543. The van der Waals surface area contributed by atoms with Gasteiger partial charge in [-0.15, -0.1) is 23.5 Å². The molecule has 0 bridgehead atoms. The molecule has 0 aliphatic heterocycles. The molecule has 0 saturated heterocycles. The van der Waals surface area contributed by atoms with Gasteiger partial charge in [-0.3, -0.25) is 9.97 Å². The van der Waals surface area contributed by atoms with Crippen molar-refractivity contribution in [1.82, 2.24) is 9.97 Å². The van der Waals surface area contributed by atoms with Crippen LogP contribution in [0, 0.1) is 0 Å². The van der Waals surface area contributed by atoms with Crippen LogP contribution in [0.15, 0.2) is 58.8 Å². The molecule has 1 radical (unpaired) electrons. The van der Waals surface area contributed by atoms with E-state index in [0.717, 1.165) is 9.79 Å². The van der Waals surface area contributed by atoms with Crippen molar-refractivity contribution in [3.8, 4) is 0 Å². The molecule has 0 aromatic carbocycles. The summed E-state index contributed by atoms with van der Waals surface area (Å²) in [4.78, 5) is 29.4. The predicted octanol–water partition coefficient (Wildman–Crippen LogP) is -3.84. The van der Waals surface area contributed by atoms with E-state index in [0.29, 0.717) is 0 Å². The van der Waals surface area contributed by atoms with Gasteiger partial charge in [0.05, 0.1) is 11.9 Å². The molecule has 0 unspecified atom stereocenters. The summed E-state index contributed by atoms with van der Waals surface area (Å²) in [5.74, 6) is -2.12. The van der Waals surface area contributed by atoms with Crippen LogP contribution in [-0.4, -0.2) is 33.4 Å². The largest absolute Gasteiger partial charge is 2.00 e. The number of carbonyl (C=O) groups is 2. The summed E-state index contributed by atoms with van der Waals surface area (Å²) in [5.41, 5.74) is 0. The Balaban J connectivity index is -0.000000101. The van der Waals surface area contributed by atoms with Crippen LogP contribution in [0.2, 0.25) is 0 Å². The molecule has 12 N–H and O–H groups in total. The van der Waals surface area contributed by atoms with E-state index in [2.05, 4.69) is 9.97 Å². The number of nitrogens with zero attached hydrogens (tertiary/aromatic N) is 2. The second-order valence-electron chi connectivity index (χ2n) is 3.69. The zero-order chi connectivity index (χ0) is 16.2. The van der Waals surface area contributed by atoms with Crippen LogP contribution in [0.1, 0.15) is 0 Å². The normalized spacial score (nSPS) is 7.70. The van der Waals surface area contributed by atoms with Crippen molar-refractivity contribution in [1.29, 1.82) is 0 Å². The Morgan fingerprint density at radius 1 is 0.704 bits per heavy atom. The number of carboxylic acids is 2. The van der Waals surface area contributed by atoms with E-state index >= 15 is 0 Å². The zero-order valence-electron chi connectivity index (χ0n) is 14.0. The maximum Gasteiger partial charge on any atom is 2.00 e. The fraction of sp³-hybridized carbons (Fsp3) is 0.143. The zero-order valence-corrected chi connectivity index (χ0v) is 16.7. The molecule has 2 rings (SSSR count). The van der Waals surface area contributed by atoms with E-state index in [-0.39, 0.29) is 50.2 Å². The van der Waals surface area contributed by atoms with Gasteiger partial charge in [-0.05, 0) is 24.3 Å².